The highest BCUT2D eigenvalue weighted by atomic mass is 31.2. The van der Waals surface area contributed by atoms with Crippen LogP contribution in [0.2, 0.25) is 0 Å². The van der Waals surface area contributed by atoms with Gasteiger partial charge in [-0.3, -0.25) is 4.57 Å². The number of fused-ring (bicyclic) bond motifs is 1. The zero-order chi connectivity index (χ0) is 34.3. The molecular weight excluding hydrogens is 625 g/mol. The van der Waals surface area contributed by atoms with E-state index in [4.69, 9.17) is 24.5 Å². The molecule has 3 aromatic rings. The molecule has 1 atom stereocenters. The van der Waals surface area contributed by atoms with Crippen molar-refractivity contribution < 1.29 is 23.3 Å². The van der Waals surface area contributed by atoms with Crippen molar-refractivity contribution in [3.05, 3.63) is 54.1 Å². The average molecular weight is 686 g/mol. The molecule has 0 radical (unpaired) electrons. The number of hydrogen-bond donors (Lipinski definition) is 1. The topological polar surface area (TPSA) is 124 Å². The van der Waals surface area contributed by atoms with Gasteiger partial charge >= 0.3 is 0 Å². The summed E-state index contributed by atoms with van der Waals surface area (Å²) < 4.78 is 38.9. The largest absolute Gasteiger partial charge is 0.479 e. The van der Waals surface area contributed by atoms with Gasteiger partial charge < -0.3 is 29.0 Å². The highest BCUT2D eigenvalue weighted by Crippen LogP contribution is 2.55. The van der Waals surface area contributed by atoms with Gasteiger partial charge in [0.05, 0.1) is 33.3 Å². The van der Waals surface area contributed by atoms with Crippen molar-refractivity contribution >= 4 is 24.5 Å². The van der Waals surface area contributed by atoms with Crippen molar-refractivity contribution in [1.29, 1.82) is 0 Å². The van der Waals surface area contributed by atoms with Gasteiger partial charge in [0.15, 0.2) is 11.2 Å². The first-order valence-electron chi connectivity index (χ1n) is 18.1. The fourth-order valence-corrected chi connectivity index (χ4v) is 7.06. The summed E-state index contributed by atoms with van der Waals surface area (Å²) in [6, 6.07) is 9.67. The van der Waals surface area contributed by atoms with Crippen molar-refractivity contribution in [3.8, 4) is 5.88 Å². The standard InChI is InChI=1S/C37H60N5O5P/c1-4-5-6-7-8-9-10-11-12-13-14-15-16-17-18-22-26-45-28-32(2)48(43,47-29-33-23-20-19-21-24-33)31-46-27-25-42-30-39-34-35(42)40-37(38)41-36(34)44-3/h19-21,23-24,30H,2,4-18,22,25-29,31H2,1,3H3,(H2,38,40,41). The molecule has 1 unspecified atom stereocenters. The first-order valence-corrected chi connectivity index (χ1v) is 19.9. The fraction of sp³-hybridized carbons (Fsp3) is 0.649. The molecular formula is C37H60N5O5P. The number of imidazole rings is 1. The number of nitrogens with zero attached hydrogens (tertiary/aromatic N) is 4. The van der Waals surface area contributed by atoms with Gasteiger partial charge in [-0.05, 0) is 12.0 Å². The van der Waals surface area contributed by atoms with Crippen LogP contribution < -0.4 is 10.5 Å². The van der Waals surface area contributed by atoms with Crippen LogP contribution in [0.15, 0.2) is 48.6 Å². The molecule has 0 spiro atoms. The van der Waals surface area contributed by atoms with Gasteiger partial charge in [-0.1, -0.05) is 140 Å². The normalized spacial score (nSPS) is 12.8. The van der Waals surface area contributed by atoms with Gasteiger partial charge in [0.2, 0.25) is 11.8 Å². The van der Waals surface area contributed by atoms with E-state index < -0.39 is 7.37 Å². The number of aromatic nitrogens is 4. The Morgan fingerprint density at radius 3 is 2.04 bits per heavy atom. The van der Waals surface area contributed by atoms with Crippen molar-refractivity contribution in [1.82, 2.24) is 19.5 Å². The number of methoxy groups -OCH3 is 1. The van der Waals surface area contributed by atoms with E-state index in [9.17, 15) is 4.57 Å². The Morgan fingerprint density at radius 2 is 1.44 bits per heavy atom. The number of unbranched alkanes of at least 4 members (excludes halogenated alkanes) is 15. The van der Waals surface area contributed by atoms with Crippen LogP contribution in [0.3, 0.4) is 0 Å². The van der Waals surface area contributed by atoms with Gasteiger partial charge in [0.1, 0.15) is 6.35 Å². The Bertz CT molecular complexity index is 1350. The second-order valence-corrected chi connectivity index (χ2v) is 15.1. The second kappa shape index (κ2) is 23.6. The molecule has 0 aliphatic carbocycles. The molecule has 0 bridgehead atoms. The van der Waals surface area contributed by atoms with Crippen LogP contribution in [0.1, 0.15) is 115 Å². The zero-order valence-electron chi connectivity index (χ0n) is 29.6. The predicted octanol–water partition coefficient (Wildman–Crippen LogP) is 9.68. The number of benzene rings is 1. The third-order valence-corrected chi connectivity index (χ3v) is 10.7. The van der Waals surface area contributed by atoms with Crippen LogP contribution in [0.5, 0.6) is 5.88 Å². The maximum atomic E-state index is 14.0. The lowest BCUT2D eigenvalue weighted by Gasteiger charge is -2.21. The molecule has 10 nitrogen and oxygen atoms in total. The van der Waals surface area contributed by atoms with Crippen LogP contribution in [-0.4, -0.2) is 52.8 Å². The van der Waals surface area contributed by atoms with Crippen molar-refractivity contribution in [2.45, 2.75) is 123 Å². The SMILES string of the molecule is C=C(COCCCCCCCCCCCCCCCCCC)P(=O)(COCCn1cnc2c(OC)nc(N)nc21)OCc1ccccc1. The molecule has 11 heteroatoms. The van der Waals surface area contributed by atoms with E-state index in [0.717, 1.165) is 18.4 Å². The van der Waals surface area contributed by atoms with Gasteiger partial charge in [-0.2, -0.15) is 9.97 Å². The van der Waals surface area contributed by atoms with E-state index in [2.05, 4.69) is 28.5 Å². The predicted molar refractivity (Wildman–Crippen MR) is 195 cm³/mol. The lowest BCUT2D eigenvalue weighted by molar-refractivity contribution is 0.142. The van der Waals surface area contributed by atoms with Gasteiger partial charge in [0, 0.05) is 18.5 Å². The summed E-state index contributed by atoms with van der Waals surface area (Å²) in [5.41, 5.74) is 7.81. The second-order valence-electron chi connectivity index (χ2n) is 12.6. The monoisotopic (exact) mass is 685 g/mol. The lowest BCUT2D eigenvalue weighted by Crippen LogP contribution is -2.11. The first kappa shape index (κ1) is 39.7. The van der Waals surface area contributed by atoms with Crippen LogP contribution in [-0.2, 0) is 31.7 Å². The first-order chi connectivity index (χ1) is 23.5. The molecule has 268 valence electrons. The van der Waals surface area contributed by atoms with E-state index in [0.29, 0.717) is 35.5 Å². The fourth-order valence-electron chi connectivity index (χ4n) is 5.60. The molecule has 0 aliphatic rings. The Hall–Kier alpha value is -2.78. The summed E-state index contributed by atoms with van der Waals surface area (Å²) in [6.07, 6.45) is 22.8. The molecule has 2 heterocycles. The van der Waals surface area contributed by atoms with E-state index in [-0.39, 0.29) is 32.1 Å². The highest BCUT2D eigenvalue weighted by molar-refractivity contribution is 7.63. The molecule has 0 saturated carbocycles. The minimum absolute atomic E-state index is 0.0942. The summed E-state index contributed by atoms with van der Waals surface area (Å²) in [6.45, 7) is 8.03. The summed E-state index contributed by atoms with van der Waals surface area (Å²) in [5.74, 6) is 0.406. The van der Waals surface area contributed by atoms with E-state index in [1.165, 1.54) is 97.0 Å². The Labute approximate surface area is 288 Å². The Morgan fingerprint density at radius 1 is 0.833 bits per heavy atom. The number of hydrogen-bond acceptors (Lipinski definition) is 9. The third-order valence-electron chi connectivity index (χ3n) is 8.56. The molecule has 48 heavy (non-hydrogen) atoms. The number of rotatable bonds is 29. The van der Waals surface area contributed by atoms with Gasteiger partial charge in [-0.25, -0.2) is 4.98 Å². The van der Waals surface area contributed by atoms with Crippen LogP contribution in [0.25, 0.3) is 11.2 Å². The maximum absolute atomic E-state index is 14.0. The van der Waals surface area contributed by atoms with Crippen LogP contribution >= 0.6 is 7.37 Å². The number of nitrogens with two attached hydrogens (primary N) is 1. The van der Waals surface area contributed by atoms with Crippen LogP contribution in [0.4, 0.5) is 5.95 Å². The Balaban J connectivity index is 1.31. The maximum Gasteiger partial charge on any atom is 0.255 e. The molecule has 0 aliphatic heterocycles. The molecule has 1 aromatic carbocycles. The van der Waals surface area contributed by atoms with Crippen molar-refractivity contribution in [2.75, 3.05) is 39.0 Å². The summed E-state index contributed by atoms with van der Waals surface area (Å²) in [4.78, 5) is 12.7. The van der Waals surface area contributed by atoms with E-state index in [1.807, 2.05) is 30.3 Å². The number of ether oxygens (including phenoxy) is 3. The third kappa shape index (κ3) is 14.8. The number of anilines is 1. The molecule has 0 fully saturated rings. The van der Waals surface area contributed by atoms with E-state index >= 15 is 0 Å². The van der Waals surface area contributed by atoms with Gasteiger partial charge in [-0.15, -0.1) is 0 Å². The summed E-state index contributed by atoms with van der Waals surface area (Å²) >= 11 is 0. The Kier molecular flexibility index (Phi) is 19.5. The van der Waals surface area contributed by atoms with Crippen LogP contribution in [0, 0.1) is 0 Å². The molecule has 2 aromatic heterocycles. The molecule has 2 N–H and O–H groups in total. The molecule has 0 amide bonds. The molecule has 0 saturated heterocycles. The van der Waals surface area contributed by atoms with Gasteiger partial charge in [0.25, 0.3) is 7.37 Å². The highest BCUT2D eigenvalue weighted by Gasteiger charge is 2.28. The quantitative estimate of drug-likeness (QED) is 0.0562. The zero-order valence-corrected chi connectivity index (χ0v) is 30.5. The van der Waals surface area contributed by atoms with Crippen molar-refractivity contribution in [2.24, 2.45) is 0 Å². The van der Waals surface area contributed by atoms with E-state index in [1.54, 1.807) is 10.9 Å². The summed E-state index contributed by atoms with van der Waals surface area (Å²) in [7, 11) is -1.87. The average Bonchev–Trinajstić information content (AvgIpc) is 3.51. The smallest absolute Gasteiger partial charge is 0.255 e. The lowest BCUT2D eigenvalue weighted by atomic mass is 10.0. The minimum atomic E-state index is -3.38. The minimum Gasteiger partial charge on any atom is -0.479 e. The number of nitrogen functional groups attached to an aromatic ring is 1. The molecule has 3 rings (SSSR count). The van der Waals surface area contributed by atoms with Crippen molar-refractivity contribution in [3.63, 3.8) is 0 Å². The summed E-state index contributed by atoms with van der Waals surface area (Å²) in [5, 5.41) is 0.424.